The van der Waals surface area contributed by atoms with Crippen molar-refractivity contribution in [2.24, 2.45) is 0 Å². The molecule has 2 heterocycles. The molecule has 0 atom stereocenters. The van der Waals surface area contributed by atoms with Gasteiger partial charge in [0.2, 0.25) is 10.0 Å². The molecule has 1 fully saturated rings. The average molecular weight is 572 g/mol. The van der Waals surface area contributed by atoms with Crippen LogP contribution >= 0.6 is 11.3 Å². The highest BCUT2D eigenvalue weighted by Gasteiger charge is 2.29. The third kappa shape index (κ3) is 7.63. The van der Waals surface area contributed by atoms with Crippen LogP contribution in [0.4, 0.5) is 4.79 Å². The monoisotopic (exact) mass is 571 g/mol. The van der Waals surface area contributed by atoms with Crippen LogP contribution < -0.4 is 10.0 Å². The van der Waals surface area contributed by atoms with E-state index in [-0.39, 0.29) is 16.9 Å². The van der Waals surface area contributed by atoms with Gasteiger partial charge in [-0.15, -0.1) is 11.3 Å². The summed E-state index contributed by atoms with van der Waals surface area (Å²) in [5.41, 5.74) is 2.62. The number of hydrogen-bond donors (Lipinski definition) is 3. The highest BCUT2D eigenvalue weighted by atomic mass is 32.2. The summed E-state index contributed by atoms with van der Waals surface area (Å²) >= 11 is 1.51. The Morgan fingerprint density at radius 2 is 1.79 bits per heavy atom. The second-order valence-corrected chi connectivity index (χ2v) is 14.2. The molecule has 1 amide bonds. The molecule has 0 unspecified atom stereocenters. The molecule has 0 saturated heterocycles. The Kier molecular flexibility index (Phi) is 8.75. The van der Waals surface area contributed by atoms with E-state index in [2.05, 4.69) is 24.9 Å². The van der Waals surface area contributed by atoms with Gasteiger partial charge in [-0.05, 0) is 83.8 Å². The van der Waals surface area contributed by atoms with Crippen molar-refractivity contribution in [3.05, 3.63) is 53.4 Å². The van der Waals surface area contributed by atoms with Crippen LogP contribution in [-0.2, 0) is 16.6 Å². The molecule has 210 valence electrons. The lowest BCUT2D eigenvalue weighted by molar-refractivity contribution is 0.185. The van der Waals surface area contributed by atoms with Gasteiger partial charge in [0.05, 0.1) is 14.8 Å². The third-order valence-corrected chi connectivity index (χ3v) is 9.52. The zero-order chi connectivity index (χ0) is 28.4. The molecular formula is C28H37N5O4S2. The van der Waals surface area contributed by atoms with Gasteiger partial charge in [-0.25, -0.2) is 22.9 Å². The van der Waals surface area contributed by atoms with Crippen LogP contribution in [0.2, 0.25) is 0 Å². The molecule has 0 aliphatic heterocycles. The van der Waals surface area contributed by atoms with E-state index in [0.29, 0.717) is 5.56 Å². The lowest BCUT2D eigenvalue weighted by Crippen LogP contribution is -2.40. The van der Waals surface area contributed by atoms with E-state index in [1.54, 1.807) is 18.5 Å². The maximum atomic E-state index is 13.7. The summed E-state index contributed by atoms with van der Waals surface area (Å²) in [6.07, 6.45) is 7.53. The second kappa shape index (κ2) is 11.7. The van der Waals surface area contributed by atoms with Crippen LogP contribution in [0.5, 0.6) is 0 Å². The van der Waals surface area contributed by atoms with Gasteiger partial charge in [-0.3, -0.25) is 4.98 Å². The highest BCUT2D eigenvalue weighted by molar-refractivity contribution is 7.89. The number of nitrogens with one attached hydrogen (secondary N) is 2. The van der Waals surface area contributed by atoms with E-state index < -0.39 is 21.7 Å². The Hall–Kier alpha value is -2.86. The van der Waals surface area contributed by atoms with Gasteiger partial charge in [0.1, 0.15) is 0 Å². The fourth-order valence-corrected chi connectivity index (χ4v) is 7.80. The highest BCUT2D eigenvalue weighted by Crippen LogP contribution is 2.40. The van der Waals surface area contributed by atoms with Crippen molar-refractivity contribution in [2.45, 2.75) is 75.4 Å². The molecule has 11 heteroatoms. The average Bonchev–Trinajstić information content (AvgIpc) is 3.32. The third-order valence-electron chi connectivity index (χ3n) is 6.53. The number of sulfonamides is 1. The first-order chi connectivity index (χ1) is 18.3. The van der Waals surface area contributed by atoms with Gasteiger partial charge < -0.3 is 15.3 Å². The summed E-state index contributed by atoms with van der Waals surface area (Å²) in [6.45, 7) is 6.20. The van der Waals surface area contributed by atoms with Crippen molar-refractivity contribution in [2.75, 3.05) is 14.1 Å². The lowest BCUT2D eigenvalue weighted by Gasteiger charge is -2.27. The Morgan fingerprint density at radius 3 is 2.44 bits per heavy atom. The van der Waals surface area contributed by atoms with E-state index >= 15 is 0 Å². The zero-order valence-corrected chi connectivity index (χ0v) is 24.7. The molecular weight excluding hydrogens is 534 g/mol. The Bertz CT molecular complexity index is 1420. The zero-order valence-electron chi connectivity index (χ0n) is 23.1. The maximum Gasteiger partial charge on any atom is 0.404 e. The van der Waals surface area contributed by atoms with Gasteiger partial charge in [0, 0.05) is 53.8 Å². The van der Waals surface area contributed by atoms with Gasteiger partial charge in [-0.1, -0.05) is 12.1 Å². The summed E-state index contributed by atoms with van der Waals surface area (Å²) in [7, 11) is 0.130. The fourth-order valence-electron chi connectivity index (χ4n) is 4.94. The smallest absolute Gasteiger partial charge is 0.404 e. The number of hydrogen-bond acceptors (Lipinski definition) is 7. The van der Waals surface area contributed by atoms with E-state index in [4.69, 9.17) is 5.11 Å². The number of nitrogens with zero attached hydrogens (tertiary/aromatic N) is 3. The van der Waals surface area contributed by atoms with E-state index in [1.165, 1.54) is 11.3 Å². The van der Waals surface area contributed by atoms with E-state index in [9.17, 15) is 13.2 Å². The van der Waals surface area contributed by atoms with Crippen molar-refractivity contribution >= 4 is 27.5 Å². The van der Waals surface area contributed by atoms with E-state index in [1.807, 2.05) is 59.3 Å². The fraction of sp³-hybridized carbons (Fsp3) is 0.464. The lowest BCUT2D eigenvalue weighted by atomic mass is 9.86. The molecule has 1 aromatic carbocycles. The molecule has 3 N–H and O–H groups in total. The van der Waals surface area contributed by atoms with Crippen LogP contribution in [0.25, 0.3) is 21.6 Å². The largest absolute Gasteiger partial charge is 0.465 e. The normalized spacial score (nSPS) is 18.3. The number of carbonyl (C=O) groups is 1. The molecule has 9 nitrogen and oxygen atoms in total. The van der Waals surface area contributed by atoms with Crippen LogP contribution in [-0.4, -0.2) is 60.2 Å². The summed E-state index contributed by atoms with van der Waals surface area (Å²) < 4.78 is 30.1. The second-order valence-electron chi connectivity index (χ2n) is 11.4. The molecule has 4 rings (SSSR count). The van der Waals surface area contributed by atoms with Gasteiger partial charge in [0.15, 0.2) is 0 Å². The number of thiazole rings is 1. The Balaban J connectivity index is 1.69. The van der Waals surface area contributed by atoms with Crippen LogP contribution in [0.15, 0.2) is 47.8 Å². The SMILES string of the molecule is CN(C)Cc1cncc(-c2ccc(-c3cnc([C@H]4CC[C@H](NC(=O)O)CC4)s3)c(S(=O)(=O)NC(C)(C)C)c2)c1. The number of rotatable bonds is 8. The predicted molar refractivity (Wildman–Crippen MR) is 154 cm³/mol. The standard InChI is InChI=1S/C28H37N5O4S2/c1-28(2,3)32-39(36,37)25-13-20(21-12-18(14-29-15-21)17-33(4)5)8-11-23(25)24-16-30-26(38-24)19-6-9-22(10-7-19)31-27(34)35/h8,11-16,19,22,31-32H,6-7,9-10,17H2,1-5H3,(H,34,35)/t19-,22-. The summed E-state index contributed by atoms with van der Waals surface area (Å²) in [5.74, 6) is 0.230. The van der Waals surface area contributed by atoms with Crippen molar-refractivity contribution in [3.63, 3.8) is 0 Å². The van der Waals surface area contributed by atoms with Gasteiger partial charge in [0.25, 0.3) is 0 Å². The summed E-state index contributed by atoms with van der Waals surface area (Å²) in [5, 5.41) is 12.5. The first kappa shape index (κ1) is 29.1. The molecule has 0 spiro atoms. The van der Waals surface area contributed by atoms with Crippen molar-refractivity contribution < 1.29 is 18.3 Å². The number of benzene rings is 1. The molecule has 2 aromatic heterocycles. The van der Waals surface area contributed by atoms with Crippen molar-refractivity contribution in [1.82, 2.24) is 24.9 Å². The van der Waals surface area contributed by atoms with Crippen LogP contribution in [0.3, 0.4) is 0 Å². The maximum absolute atomic E-state index is 13.7. The molecule has 1 saturated carbocycles. The molecule has 0 radical (unpaired) electrons. The van der Waals surface area contributed by atoms with Gasteiger partial charge >= 0.3 is 6.09 Å². The van der Waals surface area contributed by atoms with Crippen LogP contribution in [0, 0.1) is 0 Å². The minimum Gasteiger partial charge on any atom is -0.465 e. The molecule has 3 aromatic rings. The molecule has 1 aliphatic carbocycles. The Labute approximate surface area is 234 Å². The quantitative estimate of drug-likeness (QED) is 0.335. The molecule has 39 heavy (non-hydrogen) atoms. The van der Waals surface area contributed by atoms with Gasteiger partial charge in [-0.2, -0.15) is 0 Å². The predicted octanol–water partition coefficient (Wildman–Crippen LogP) is 5.30. The van der Waals surface area contributed by atoms with Crippen molar-refractivity contribution in [1.29, 1.82) is 0 Å². The minimum atomic E-state index is -3.85. The van der Waals surface area contributed by atoms with Crippen molar-refractivity contribution in [3.8, 4) is 21.6 Å². The van der Waals surface area contributed by atoms with E-state index in [0.717, 1.165) is 58.8 Å². The number of pyridine rings is 1. The number of amides is 1. The van der Waals surface area contributed by atoms with Crippen LogP contribution in [0.1, 0.15) is 62.9 Å². The Morgan fingerprint density at radius 1 is 1.08 bits per heavy atom. The number of aromatic nitrogens is 2. The number of carboxylic acid groups (broad SMARTS) is 1. The molecule has 1 aliphatic rings. The summed E-state index contributed by atoms with van der Waals surface area (Å²) in [6, 6.07) is 7.52. The first-order valence-electron chi connectivity index (χ1n) is 13.0. The molecule has 0 bridgehead atoms. The topological polar surface area (TPSA) is 125 Å². The first-order valence-corrected chi connectivity index (χ1v) is 15.3. The minimum absolute atomic E-state index is 0.0309. The summed E-state index contributed by atoms with van der Waals surface area (Å²) in [4.78, 5) is 23.1.